The normalized spacial score (nSPS) is 12.4. The van der Waals surface area contributed by atoms with Crippen LogP contribution in [0, 0.1) is 5.82 Å². The van der Waals surface area contributed by atoms with Crippen LogP contribution in [0.5, 0.6) is 0 Å². The predicted octanol–water partition coefficient (Wildman–Crippen LogP) is 1.04. The minimum Gasteiger partial charge on any atom is -0.480 e. The number of carbonyl (C=O) groups is 1. The average Bonchev–Trinajstić information content (AvgIpc) is 2.14. The topological polar surface area (TPSA) is 49.3 Å². The van der Waals surface area contributed by atoms with Crippen LogP contribution in [0.3, 0.4) is 0 Å². The van der Waals surface area contributed by atoms with E-state index in [1.807, 2.05) is 0 Å². The van der Waals surface area contributed by atoms with Gasteiger partial charge in [-0.2, -0.15) is 0 Å². The molecule has 0 aliphatic heterocycles. The second-order valence-electron chi connectivity index (χ2n) is 3.01. The van der Waals surface area contributed by atoms with Gasteiger partial charge in [-0.15, -0.1) is 0 Å². The van der Waals surface area contributed by atoms with Crippen LogP contribution in [-0.4, -0.2) is 24.2 Å². The number of hydrogen-bond acceptors (Lipinski definition) is 2. The van der Waals surface area contributed by atoms with Crippen molar-refractivity contribution < 1.29 is 14.3 Å². The third kappa shape index (κ3) is 2.81. The van der Waals surface area contributed by atoms with E-state index in [0.717, 1.165) is 0 Å². The van der Waals surface area contributed by atoms with Gasteiger partial charge in [-0.25, -0.2) is 4.39 Å². The maximum atomic E-state index is 12.8. The first-order valence-electron chi connectivity index (χ1n) is 4.28. The molecule has 0 saturated carbocycles. The van der Waals surface area contributed by atoms with Crippen molar-refractivity contribution in [3.05, 3.63) is 35.6 Å². The molecule has 0 radical (unpaired) electrons. The second kappa shape index (κ2) is 4.72. The lowest BCUT2D eigenvalue weighted by Crippen LogP contribution is -2.35. The lowest BCUT2D eigenvalue weighted by molar-refractivity contribution is -0.139. The number of likely N-dealkylation sites (N-methyl/N-ethyl adjacent to an activating group) is 1. The summed E-state index contributed by atoms with van der Waals surface area (Å²) in [6.45, 7) is 0. The van der Waals surface area contributed by atoms with Crippen LogP contribution in [0.25, 0.3) is 0 Å². The molecule has 0 aliphatic carbocycles. The Labute approximate surface area is 81.6 Å². The van der Waals surface area contributed by atoms with Crippen LogP contribution in [-0.2, 0) is 11.2 Å². The van der Waals surface area contributed by atoms with Gasteiger partial charge in [0.05, 0.1) is 0 Å². The molecule has 4 heteroatoms. The molecule has 1 atom stereocenters. The quantitative estimate of drug-likeness (QED) is 0.758. The first-order valence-corrected chi connectivity index (χ1v) is 4.28. The van der Waals surface area contributed by atoms with E-state index < -0.39 is 12.0 Å². The number of benzene rings is 1. The number of nitrogens with one attached hydrogen (secondary N) is 1. The lowest BCUT2D eigenvalue weighted by atomic mass is 10.1. The highest BCUT2D eigenvalue weighted by atomic mass is 19.1. The summed E-state index contributed by atoms with van der Waals surface area (Å²) in [5.41, 5.74) is 0.673. The Hall–Kier alpha value is -1.42. The van der Waals surface area contributed by atoms with Gasteiger partial charge in [0.2, 0.25) is 0 Å². The molecule has 0 aromatic heterocycles. The smallest absolute Gasteiger partial charge is 0.321 e. The number of rotatable bonds is 4. The number of carboxylic acid groups (broad SMARTS) is 1. The van der Waals surface area contributed by atoms with Gasteiger partial charge >= 0.3 is 5.97 Å². The monoisotopic (exact) mass is 197 g/mol. The van der Waals surface area contributed by atoms with Crippen LogP contribution in [0.1, 0.15) is 5.56 Å². The van der Waals surface area contributed by atoms with Gasteiger partial charge in [-0.3, -0.25) is 4.79 Å². The molecular weight excluding hydrogens is 185 g/mol. The molecule has 1 unspecified atom stereocenters. The van der Waals surface area contributed by atoms with E-state index in [1.165, 1.54) is 12.1 Å². The summed E-state index contributed by atoms with van der Waals surface area (Å²) in [4.78, 5) is 10.7. The molecule has 0 aliphatic rings. The van der Waals surface area contributed by atoms with Crippen molar-refractivity contribution in [3.63, 3.8) is 0 Å². The fraction of sp³-hybridized carbons (Fsp3) is 0.300. The summed E-state index contributed by atoms with van der Waals surface area (Å²) in [5.74, 6) is -1.28. The highest BCUT2D eigenvalue weighted by molar-refractivity contribution is 5.73. The van der Waals surface area contributed by atoms with Crippen LogP contribution < -0.4 is 5.32 Å². The van der Waals surface area contributed by atoms with Gasteiger partial charge in [0.15, 0.2) is 0 Å². The number of halogens is 1. The molecule has 2 N–H and O–H groups in total. The van der Waals surface area contributed by atoms with Gasteiger partial charge in [0.1, 0.15) is 11.9 Å². The summed E-state index contributed by atoms with van der Waals surface area (Å²) in [6, 6.07) is 5.28. The molecular formula is C10H12FNO2. The zero-order valence-electron chi connectivity index (χ0n) is 7.83. The summed E-state index contributed by atoms with van der Waals surface area (Å²) in [6.07, 6.45) is 0.281. The van der Waals surface area contributed by atoms with Gasteiger partial charge in [0.25, 0.3) is 0 Å². The number of carboxylic acids is 1. The molecule has 14 heavy (non-hydrogen) atoms. The molecule has 0 spiro atoms. The molecule has 0 saturated heterocycles. The summed E-state index contributed by atoms with van der Waals surface area (Å²) in [5, 5.41) is 11.4. The maximum Gasteiger partial charge on any atom is 0.321 e. The van der Waals surface area contributed by atoms with Gasteiger partial charge in [0, 0.05) is 0 Å². The summed E-state index contributed by atoms with van der Waals surface area (Å²) >= 11 is 0. The summed E-state index contributed by atoms with van der Waals surface area (Å²) in [7, 11) is 1.57. The molecule has 1 rings (SSSR count). The molecule has 0 amide bonds. The fourth-order valence-electron chi connectivity index (χ4n) is 1.21. The number of aliphatic carboxylic acids is 1. The fourth-order valence-corrected chi connectivity index (χ4v) is 1.21. The largest absolute Gasteiger partial charge is 0.480 e. The van der Waals surface area contributed by atoms with Crippen molar-refractivity contribution >= 4 is 5.97 Å². The Bertz CT molecular complexity index is 328. The Morgan fingerprint density at radius 1 is 1.64 bits per heavy atom. The van der Waals surface area contributed by atoms with E-state index in [2.05, 4.69) is 5.32 Å². The maximum absolute atomic E-state index is 12.8. The van der Waals surface area contributed by atoms with Crippen molar-refractivity contribution in [1.82, 2.24) is 5.32 Å². The first-order chi connectivity index (χ1) is 6.63. The van der Waals surface area contributed by atoms with Crippen LogP contribution in [0.2, 0.25) is 0 Å². The van der Waals surface area contributed by atoms with Crippen molar-refractivity contribution in [2.45, 2.75) is 12.5 Å². The predicted molar refractivity (Wildman–Crippen MR) is 50.6 cm³/mol. The molecule has 0 bridgehead atoms. The Kier molecular flexibility index (Phi) is 3.59. The van der Waals surface area contributed by atoms with E-state index in [1.54, 1.807) is 19.2 Å². The molecule has 0 fully saturated rings. The van der Waals surface area contributed by atoms with E-state index in [-0.39, 0.29) is 12.2 Å². The first kappa shape index (κ1) is 10.7. The van der Waals surface area contributed by atoms with E-state index >= 15 is 0 Å². The van der Waals surface area contributed by atoms with E-state index in [9.17, 15) is 9.18 Å². The Morgan fingerprint density at radius 2 is 2.36 bits per heavy atom. The van der Waals surface area contributed by atoms with Crippen molar-refractivity contribution in [3.8, 4) is 0 Å². The third-order valence-electron chi connectivity index (χ3n) is 1.98. The lowest BCUT2D eigenvalue weighted by Gasteiger charge is -2.10. The third-order valence-corrected chi connectivity index (χ3v) is 1.98. The van der Waals surface area contributed by atoms with Crippen molar-refractivity contribution in [2.75, 3.05) is 7.05 Å². The van der Waals surface area contributed by atoms with Crippen molar-refractivity contribution in [1.29, 1.82) is 0 Å². The highest BCUT2D eigenvalue weighted by Crippen LogP contribution is 2.06. The molecule has 3 nitrogen and oxygen atoms in total. The van der Waals surface area contributed by atoms with Gasteiger partial charge in [-0.1, -0.05) is 12.1 Å². The van der Waals surface area contributed by atoms with Crippen molar-refractivity contribution in [2.24, 2.45) is 0 Å². The van der Waals surface area contributed by atoms with E-state index in [4.69, 9.17) is 5.11 Å². The zero-order chi connectivity index (χ0) is 10.6. The standard InChI is InChI=1S/C10H12FNO2/c1-12-9(10(13)14)6-7-3-2-4-8(11)5-7/h2-5,9,12H,6H2,1H3,(H,13,14). The van der Waals surface area contributed by atoms with Gasteiger partial charge < -0.3 is 10.4 Å². The molecule has 1 aromatic carbocycles. The van der Waals surface area contributed by atoms with E-state index in [0.29, 0.717) is 5.56 Å². The minimum absolute atomic E-state index is 0.281. The van der Waals surface area contributed by atoms with Crippen LogP contribution >= 0.6 is 0 Å². The average molecular weight is 197 g/mol. The molecule has 1 aromatic rings. The SMILES string of the molecule is CNC(Cc1cccc(F)c1)C(=O)O. The van der Waals surface area contributed by atoms with Crippen LogP contribution in [0.15, 0.2) is 24.3 Å². The Morgan fingerprint density at radius 3 is 2.86 bits per heavy atom. The summed E-state index contributed by atoms with van der Waals surface area (Å²) < 4.78 is 12.8. The van der Waals surface area contributed by atoms with Crippen LogP contribution in [0.4, 0.5) is 4.39 Å². The Balaban J connectivity index is 2.72. The molecule has 76 valence electrons. The van der Waals surface area contributed by atoms with Gasteiger partial charge in [-0.05, 0) is 31.2 Å². The zero-order valence-corrected chi connectivity index (χ0v) is 7.83. The second-order valence-corrected chi connectivity index (χ2v) is 3.01. The minimum atomic E-state index is -0.934. The molecule has 0 heterocycles. The number of hydrogen-bond donors (Lipinski definition) is 2. The highest BCUT2D eigenvalue weighted by Gasteiger charge is 2.15.